The van der Waals surface area contributed by atoms with Crippen LogP contribution in [-0.4, -0.2) is 26.2 Å². The Morgan fingerprint density at radius 1 is 0.964 bits per heavy atom. The molecule has 1 aliphatic carbocycles. The number of nitrogens with one attached hydrogen (secondary N) is 1. The van der Waals surface area contributed by atoms with Crippen LogP contribution in [0.2, 0.25) is 0 Å². The van der Waals surface area contributed by atoms with Gasteiger partial charge in [0.1, 0.15) is 0 Å². The van der Waals surface area contributed by atoms with E-state index in [0.717, 1.165) is 11.1 Å². The zero-order valence-corrected chi connectivity index (χ0v) is 16.7. The van der Waals surface area contributed by atoms with Crippen LogP contribution >= 0.6 is 0 Å². The summed E-state index contributed by atoms with van der Waals surface area (Å²) in [6.07, 6.45) is 6.60. The highest BCUT2D eigenvalue weighted by molar-refractivity contribution is 5.94. The fraction of sp³-hybridized carbons (Fsp3) is 0.435. The first-order valence-corrected chi connectivity index (χ1v) is 9.89. The van der Waals surface area contributed by atoms with Gasteiger partial charge in [0.2, 0.25) is 0 Å². The van der Waals surface area contributed by atoms with E-state index in [2.05, 4.69) is 17.4 Å². The molecule has 2 aromatic rings. The Labute approximate surface area is 167 Å². The first-order chi connectivity index (χ1) is 13.7. The predicted molar refractivity (Wildman–Crippen MR) is 109 cm³/mol. The van der Waals surface area contributed by atoms with Crippen molar-refractivity contribution in [2.45, 2.75) is 51.4 Å². The molecular weight excluding hydrogens is 354 g/mol. The van der Waals surface area contributed by atoms with Crippen molar-refractivity contribution in [3.05, 3.63) is 59.2 Å². The molecule has 0 aliphatic heterocycles. The Hall–Kier alpha value is -2.53. The Bertz CT molecular complexity index is 784. The standard InChI is InChI=1S/C23H29NO4/c1-26-21-12-11-19(14-22(21)27-2)23(25)24-15-17-7-6-8-18(13-17)16-28-20-9-4-3-5-10-20/h6-8,11-14,20H,3-5,9-10,15-16H2,1-2H3,(H,24,25). The first kappa shape index (κ1) is 20.2. The molecule has 150 valence electrons. The molecule has 0 aromatic heterocycles. The average Bonchev–Trinajstić information content (AvgIpc) is 2.76. The lowest BCUT2D eigenvalue weighted by atomic mass is 9.98. The van der Waals surface area contributed by atoms with Crippen molar-refractivity contribution in [1.82, 2.24) is 5.32 Å². The number of amides is 1. The molecule has 0 radical (unpaired) electrons. The molecule has 5 nitrogen and oxygen atoms in total. The zero-order valence-electron chi connectivity index (χ0n) is 16.7. The largest absolute Gasteiger partial charge is 0.493 e. The number of carbonyl (C=O) groups excluding carboxylic acids is 1. The Morgan fingerprint density at radius 3 is 2.46 bits per heavy atom. The maximum absolute atomic E-state index is 12.5. The van der Waals surface area contributed by atoms with E-state index in [1.165, 1.54) is 32.1 Å². The van der Waals surface area contributed by atoms with Gasteiger partial charge in [0.15, 0.2) is 11.5 Å². The fourth-order valence-corrected chi connectivity index (χ4v) is 3.54. The van der Waals surface area contributed by atoms with E-state index < -0.39 is 0 Å². The van der Waals surface area contributed by atoms with Gasteiger partial charge in [0, 0.05) is 12.1 Å². The van der Waals surface area contributed by atoms with Crippen molar-refractivity contribution in [3.63, 3.8) is 0 Å². The molecule has 28 heavy (non-hydrogen) atoms. The van der Waals surface area contributed by atoms with Gasteiger partial charge < -0.3 is 19.5 Å². The molecule has 0 spiro atoms. The second-order valence-corrected chi connectivity index (χ2v) is 7.14. The molecule has 0 heterocycles. The topological polar surface area (TPSA) is 56.8 Å². The molecule has 2 aromatic carbocycles. The van der Waals surface area contributed by atoms with Crippen molar-refractivity contribution in [3.8, 4) is 11.5 Å². The van der Waals surface area contributed by atoms with Crippen LogP contribution in [0.5, 0.6) is 11.5 Å². The molecule has 5 heteroatoms. The summed E-state index contributed by atoms with van der Waals surface area (Å²) < 4.78 is 16.5. The van der Waals surface area contributed by atoms with Crippen LogP contribution in [-0.2, 0) is 17.9 Å². The minimum absolute atomic E-state index is 0.148. The average molecular weight is 383 g/mol. The van der Waals surface area contributed by atoms with E-state index in [4.69, 9.17) is 14.2 Å². The molecule has 1 amide bonds. The second-order valence-electron chi connectivity index (χ2n) is 7.14. The molecule has 1 aliphatic rings. The summed E-state index contributed by atoms with van der Waals surface area (Å²) in [5.41, 5.74) is 2.73. The molecule has 1 saturated carbocycles. The van der Waals surface area contributed by atoms with Crippen molar-refractivity contribution in [2.24, 2.45) is 0 Å². The summed E-state index contributed by atoms with van der Waals surface area (Å²) in [6, 6.07) is 13.3. The van der Waals surface area contributed by atoms with Gasteiger partial charge in [-0.25, -0.2) is 0 Å². The minimum atomic E-state index is -0.148. The predicted octanol–water partition coefficient (Wildman–Crippen LogP) is 4.48. The molecular formula is C23H29NO4. The number of rotatable bonds is 8. The van der Waals surface area contributed by atoms with Crippen molar-refractivity contribution in [2.75, 3.05) is 14.2 Å². The van der Waals surface area contributed by atoms with Gasteiger partial charge in [-0.3, -0.25) is 4.79 Å². The highest BCUT2D eigenvalue weighted by Crippen LogP contribution is 2.27. The summed E-state index contributed by atoms with van der Waals surface area (Å²) in [5, 5.41) is 2.96. The van der Waals surface area contributed by atoms with Gasteiger partial charge in [-0.05, 0) is 42.2 Å². The van der Waals surface area contributed by atoms with Crippen LogP contribution in [0, 0.1) is 0 Å². The zero-order chi connectivity index (χ0) is 19.8. The van der Waals surface area contributed by atoms with Gasteiger partial charge in [-0.15, -0.1) is 0 Å². The number of hydrogen-bond donors (Lipinski definition) is 1. The van der Waals surface area contributed by atoms with E-state index in [9.17, 15) is 4.79 Å². The molecule has 0 unspecified atom stereocenters. The molecule has 3 rings (SSSR count). The minimum Gasteiger partial charge on any atom is -0.493 e. The molecule has 0 saturated heterocycles. The van der Waals surface area contributed by atoms with Gasteiger partial charge >= 0.3 is 0 Å². The Kier molecular flexibility index (Phi) is 7.31. The summed E-state index contributed by atoms with van der Waals surface area (Å²) in [7, 11) is 3.13. The lowest BCUT2D eigenvalue weighted by molar-refractivity contribution is 0.0168. The SMILES string of the molecule is COc1ccc(C(=O)NCc2cccc(COC3CCCCC3)c2)cc1OC. The number of benzene rings is 2. The Balaban J connectivity index is 1.54. The second kappa shape index (κ2) is 10.1. The Morgan fingerprint density at radius 2 is 1.71 bits per heavy atom. The summed E-state index contributed by atoms with van der Waals surface area (Å²) in [5.74, 6) is 0.992. The van der Waals surface area contributed by atoms with Gasteiger partial charge in [-0.2, -0.15) is 0 Å². The van der Waals surface area contributed by atoms with Crippen LogP contribution in [0.25, 0.3) is 0 Å². The quantitative estimate of drug-likeness (QED) is 0.730. The molecule has 1 N–H and O–H groups in total. The smallest absolute Gasteiger partial charge is 0.251 e. The molecule has 0 atom stereocenters. The van der Waals surface area contributed by atoms with Crippen LogP contribution in [0.4, 0.5) is 0 Å². The van der Waals surface area contributed by atoms with E-state index in [-0.39, 0.29) is 5.91 Å². The van der Waals surface area contributed by atoms with E-state index in [1.54, 1.807) is 32.4 Å². The first-order valence-electron chi connectivity index (χ1n) is 9.89. The summed E-state index contributed by atoms with van der Waals surface area (Å²) in [4.78, 5) is 12.5. The van der Waals surface area contributed by atoms with E-state index in [1.807, 2.05) is 12.1 Å². The lowest BCUT2D eigenvalue weighted by Crippen LogP contribution is -2.23. The normalized spacial score (nSPS) is 14.5. The van der Waals surface area contributed by atoms with Crippen LogP contribution in [0.15, 0.2) is 42.5 Å². The van der Waals surface area contributed by atoms with Crippen LogP contribution in [0.1, 0.15) is 53.6 Å². The monoisotopic (exact) mass is 383 g/mol. The lowest BCUT2D eigenvalue weighted by Gasteiger charge is -2.22. The van der Waals surface area contributed by atoms with Crippen molar-refractivity contribution >= 4 is 5.91 Å². The van der Waals surface area contributed by atoms with E-state index >= 15 is 0 Å². The molecule has 0 bridgehead atoms. The third-order valence-corrected chi connectivity index (χ3v) is 5.13. The summed E-state index contributed by atoms with van der Waals surface area (Å²) in [6.45, 7) is 1.09. The third kappa shape index (κ3) is 5.49. The fourth-order valence-electron chi connectivity index (χ4n) is 3.54. The van der Waals surface area contributed by atoms with Gasteiger partial charge in [0.05, 0.1) is 26.9 Å². The number of hydrogen-bond acceptors (Lipinski definition) is 4. The highest BCUT2D eigenvalue weighted by Gasteiger charge is 2.14. The van der Waals surface area contributed by atoms with Crippen molar-refractivity contribution < 1.29 is 19.0 Å². The third-order valence-electron chi connectivity index (χ3n) is 5.13. The number of carbonyl (C=O) groups is 1. The van der Waals surface area contributed by atoms with Crippen molar-refractivity contribution in [1.29, 1.82) is 0 Å². The van der Waals surface area contributed by atoms with Gasteiger partial charge in [0.25, 0.3) is 5.91 Å². The van der Waals surface area contributed by atoms with Crippen LogP contribution in [0.3, 0.4) is 0 Å². The van der Waals surface area contributed by atoms with Crippen LogP contribution < -0.4 is 14.8 Å². The highest BCUT2D eigenvalue weighted by atomic mass is 16.5. The maximum Gasteiger partial charge on any atom is 0.251 e. The maximum atomic E-state index is 12.5. The van der Waals surface area contributed by atoms with E-state index in [0.29, 0.717) is 36.3 Å². The molecule has 1 fully saturated rings. The summed E-state index contributed by atoms with van der Waals surface area (Å²) >= 11 is 0. The number of ether oxygens (including phenoxy) is 3. The van der Waals surface area contributed by atoms with Gasteiger partial charge in [-0.1, -0.05) is 43.5 Å². The number of methoxy groups -OCH3 is 2.